The summed E-state index contributed by atoms with van der Waals surface area (Å²) in [7, 11) is 0. The fraction of sp³-hybridized carbons (Fsp3) is 0.182. The van der Waals surface area contributed by atoms with Gasteiger partial charge in [0.25, 0.3) is 5.89 Å². The largest absolute Gasteiger partial charge is 0.383 e. The van der Waals surface area contributed by atoms with E-state index in [-0.39, 0.29) is 24.2 Å². The van der Waals surface area contributed by atoms with E-state index in [4.69, 9.17) is 21.9 Å². The molecule has 4 aromatic rings. The highest BCUT2D eigenvalue weighted by molar-refractivity contribution is 7.98. The number of carbonyl (C=O) groups excluding carboxylic acids is 1. The number of aromatic nitrogens is 4. The Kier molecular flexibility index (Phi) is 6.20. The minimum absolute atomic E-state index is 0.0947. The Bertz CT molecular complexity index is 1280. The third-order valence-electron chi connectivity index (χ3n) is 4.79. The van der Waals surface area contributed by atoms with Crippen molar-refractivity contribution in [2.45, 2.75) is 25.4 Å². The van der Waals surface area contributed by atoms with Crippen LogP contribution < -0.4 is 11.1 Å². The van der Waals surface area contributed by atoms with Gasteiger partial charge >= 0.3 is 0 Å². The van der Waals surface area contributed by atoms with Crippen molar-refractivity contribution in [2.24, 2.45) is 0 Å². The van der Waals surface area contributed by atoms with E-state index in [2.05, 4.69) is 20.6 Å². The maximum absolute atomic E-state index is 12.6. The maximum atomic E-state index is 12.6. The van der Waals surface area contributed by atoms with Gasteiger partial charge in [-0.1, -0.05) is 52.7 Å². The van der Waals surface area contributed by atoms with Crippen molar-refractivity contribution in [3.05, 3.63) is 58.6 Å². The summed E-state index contributed by atoms with van der Waals surface area (Å²) < 4.78 is 6.88. The van der Waals surface area contributed by atoms with Gasteiger partial charge in [0.2, 0.25) is 11.7 Å². The number of aryl methyl sites for hydroxylation is 2. The first-order valence-corrected chi connectivity index (χ1v) is 11.3. The predicted molar refractivity (Wildman–Crippen MR) is 127 cm³/mol. The Balaban J connectivity index is 1.58. The van der Waals surface area contributed by atoms with Gasteiger partial charge in [0.05, 0.1) is 10.7 Å². The molecule has 1 amide bonds. The van der Waals surface area contributed by atoms with E-state index < -0.39 is 0 Å². The van der Waals surface area contributed by atoms with Crippen molar-refractivity contribution >= 4 is 40.8 Å². The zero-order valence-corrected chi connectivity index (χ0v) is 19.3. The van der Waals surface area contributed by atoms with Crippen molar-refractivity contribution in [1.82, 2.24) is 19.9 Å². The van der Waals surface area contributed by atoms with Crippen molar-refractivity contribution in [3.63, 3.8) is 0 Å². The number of nitrogens with two attached hydrogens (primary N) is 1. The molecule has 0 bridgehead atoms. The summed E-state index contributed by atoms with van der Waals surface area (Å²) >= 11 is 7.58. The predicted octanol–water partition coefficient (Wildman–Crippen LogP) is 4.81. The zero-order valence-electron chi connectivity index (χ0n) is 17.7. The molecule has 0 unspecified atom stereocenters. The Hall–Kier alpha value is -3.30. The Morgan fingerprint density at radius 3 is 2.59 bits per heavy atom. The van der Waals surface area contributed by atoms with Crippen molar-refractivity contribution in [2.75, 3.05) is 17.3 Å². The molecule has 2 aromatic carbocycles. The molecule has 0 radical (unpaired) electrons. The van der Waals surface area contributed by atoms with Gasteiger partial charge in [-0.2, -0.15) is 10.1 Å². The lowest BCUT2D eigenvalue weighted by Gasteiger charge is -2.09. The molecule has 164 valence electrons. The molecule has 0 aliphatic heterocycles. The highest BCUT2D eigenvalue weighted by atomic mass is 35.5. The van der Waals surface area contributed by atoms with Crippen LogP contribution in [0.4, 0.5) is 11.5 Å². The van der Waals surface area contributed by atoms with Gasteiger partial charge in [-0.3, -0.25) is 4.79 Å². The molecule has 8 nitrogen and oxygen atoms in total. The number of thioether (sulfide) groups is 1. The quantitative estimate of drug-likeness (QED) is 0.390. The van der Waals surface area contributed by atoms with Crippen LogP contribution in [0.5, 0.6) is 0 Å². The lowest BCUT2D eigenvalue weighted by molar-refractivity contribution is -0.116. The van der Waals surface area contributed by atoms with Crippen LogP contribution in [0.2, 0.25) is 5.02 Å². The summed E-state index contributed by atoms with van der Waals surface area (Å²) in [4.78, 5) is 17.1. The molecule has 0 saturated carbocycles. The molecule has 0 aliphatic carbocycles. The highest BCUT2D eigenvalue weighted by Gasteiger charge is 2.24. The molecule has 0 saturated heterocycles. The van der Waals surface area contributed by atoms with Crippen LogP contribution in [0.1, 0.15) is 11.1 Å². The number of halogens is 1. The number of anilines is 2. The Morgan fingerprint density at radius 1 is 1.19 bits per heavy atom. The number of nitrogens with one attached hydrogen (secondary N) is 1. The minimum atomic E-state index is -0.310. The van der Waals surface area contributed by atoms with E-state index in [1.807, 2.05) is 50.4 Å². The fourth-order valence-electron chi connectivity index (χ4n) is 3.11. The molecular weight excluding hydrogens is 448 g/mol. The lowest BCUT2D eigenvalue weighted by atomic mass is 10.1. The van der Waals surface area contributed by atoms with Crippen LogP contribution >= 0.6 is 23.4 Å². The van der Waals surface area contributed by atoms with Crippen LogP contribution in [0.25, 0.3) is 22.8 Å². The van der Waals surface area contributed by atoms with Gasteiger partial charge in [-0.15, -0.1) is 11.8 Å². The second-order valence-corrected chi connectivity index (χ2v) is 8.45. The molecule has 0 atom stereocenters. The fourth-order valence-corrected chi connectivity index (χ4v) is 3.97. The van der Waals surface area contributed by atoms with Crippen LogP contribution in [-0.4, -0.2) is 32.1 Å². The van der Waals surface area contributed by atoms with Crippen molar-refractivity contribution < 1.29 is 9.32 Å². The number of amides is 1. The average molecular weight is 469 g/mol. The van der Waals surface area contributed by atoms with Gasteiger partial charge in [0, 0.05) is 5.56 Å². The van der Waals surface area contributed by atoms with Gasteiger partial charge in [-0.05, 0) is 37.8 Å². The van der Waals surface area contributed by atoms with Crippen LogP contribution in [0.15, 0.2) is 52.0 Å². The first-order valence-electron chi connectivity index (χ1n) is 9.73. The number of nitrogen functional groups attached to an aromatic ring is 1. The molecule has 0 aliphatic rings. The standard InChI is InChI=1S/C22H21ClN6O2S/c1-12-4-7-14(8-5-12)20-26-21(31-28-20)18-19(24)29(27-22(18)32-3)11-17(30)25-16-9-6-13(2)10-15(16)23/h4-10H,11,24H2,1-3H3,(H,25,30). The SMILES string of the molecule is CSc1nn(CC(=O)Nc2ccc(C)cc2Cl)c(N)c1-c1nc(-c2ccc(C)cc2)no1. The van der Waals surface area contributed by atoms with Gasteiger partial charge in [0.15, 0.2) is 0 Å². The molecule has 4 rings (SSSR count). The second-order valence-electron chi connectivity index (χ2n) is 7.25. The highest BCUT2D eigenvalue weighted by Crippen LogP contribution is 2.35. The number of rotatable bonds is 6. The maximum Gasteiger partial charge on any atom is 0.264 e. The molecule has 2 heterocycles. The third-order valence-corrected chi connectivity index (χ3v) is 5.78. The van der Waals surface area contributed by atoms with Gasteiger partial charge < -0.3 is 15.6 Å². The number of nitrogens with zero attached hydrogens (tertiary/aromatic N) is 4. The molecule has 0 spiro atoms. The van der Waals surface area contributed by atoms with E-state index >= 15 is 0 Å². The molecule has 32 heavy (non-hydrogen) atoms. The summed E-state index contributed by atoms with van der Waals surface area (Å²) in [6.07, 6.45) is 1.86. The van der Waals surface area contributed by atoms with Crippen molar-refractivity contribution in [1.29, 1.82) is 0 Å². The number of benzene rings is 2. The topological polar surface area (TPSA) is 112 Å². The summed E-state index contributed by atoms with van der Waals surface area (Å²) in [5.41, 5.74) is 10.3. The third kappa shape index (κ3) is 4.49. The zero-order chi connectivity index (χ0) is 22.8. The van der Waals surface area contributed by atoms with E-state index in [0.717, 1.165) is 16.7 Å². The lowest BCUT2D eigenvalue weighted by Crippen LogP contribution is -2.20. The normalized spacial score (nSPS) is 11.0. The molecule has 3 N–H and O–H groups in total. The second kappa shape index (κ2) is 9.05. The molecular formula is C22H21ClN6O2S. The van der Waals surface area contributed by atoms with Crippen LogP contribution in [-0.2, 0) is 11.3 Å². The van der Waals surface area contributed by atoms with E-state index in [0.29, 0.717) is 27.1 Å². The van der Waals surface area contributed by atoms with Crippen LogP contribution in [0, 0.1) is 13.8 Å². The number of carbonyl (C=O) groups is 1. The summed E-state index contributed by atoms with van der Waals surface area (Å²) in [5.74, 6) is 0.648. The smallest absolute Gasteiger partial charge is 0.264 e. The van der Waals surface area contributed by atoms with E-state index in [9.17, 15) is 4.79 Å². The Labute approximate surface area is 194 Å². The summed E-state index contributed by atoms with van der Waals surface area (Å²) in [5, 5.41) is 12.4. The number of hydrogen-bond donors (Lipinski definition) is 2. The van der Waals surface area contributed by atoms with Gasteiger partial charge in [0.1, 0.15) is 23.0 Å². The first-order chi connectivity index (χ1) is 15.4. The monoisotopic (exact) mass is 468 g/mol. The average Bonchev–Trinajstić information content (AvgIpc) is 3.35. The van der Waals surface area contributed by atoms with Gasteiger partial charge in [-0.25, -0.2) is 4.68 Å². The molecule has 10 heteroatoms. The number of hydrogen-bond acceptors (Lipinski definition) is 7. The van der Waals surface area contributed by atoms with E-state index in [1.165, 1.54) is 16.4 Å². The summed E-state index contributed by atoms with van der Waals surface area (Å²) in [6.45, 7) is 3.84. The van der Waals surface area contributed by atoms with Crippen molar-refractivity contribution in [3.8, 4) is 22.8 Å². The van der Waals surface area contributed by atoms with E-state index in [1.54, 1.807) is 12.1 Å². The summed E-state index contributed by atoms with van der Waals surface area (Å²) in [6, 6.07) is 13.2. The minimum Gasteiger partial charge on any atom is -0.383 e. The molecule has 2 aromatic heterocycles. The Morgan fingerprint density at radius 2 is 1.91 bits per heavy atom. The van der Waals surface area contributed by atoms with Crippen LogP contribution in [0.3, 0.4) is 0 Å². The first kappa shape index (κ1) is 21.9. The molecule has 0 fully saturated rings.